The Morgan fingerprint density at radius 1 is 1.29 bits per heavy atom. The molecule has 96 valence electrons. The van der Waals surface area contributed by atoms with E-state index in [1.165, 1.54) is 5.56 Å². The van der Waals surface area contributed by atoms with Crippen LogP contribution in [0.5, 0.6) is 5.75 Å². The average Bonchev–Trinajstić information content (AvgIpc) is 2.29. The maximum Gasteiger partial charge on any atom is 0.123 e. The molecule has 1 aromatic rings. The molecule has 0 radical (unpaired) electrons. The Balaban J connectivity index is 2.65. The number of hydrogen-bond donors (Lipinski definition) is 1. The highest BCUT2D eigenvalue weighted by atomic mass is 16.5. The lowest BCUT2D eigenvalue weighted by molar-refractivity contribution is 0.208. The van der Waals surface area contributed by atoms with E-state index in [2.05, 4.69) is 31.9 Å². The van der Waals surface area contributed by atoms with Gasteiger partial charge in [0.2, 0.25) is 0 Å². The second-order valence-electron chi connectivity index (χ2n) is 5.35. The first-order valence-electron chi connectivity index (χ1n) is 5.99. The molecule has 3 heteroatoms. The van der Waals surface area contributed by atoms with Gasteiger partial charge in [-0.1, -0.05) is 32.0 Å². The molecule has 2 N–H and O–H groups in total. The second-order valence-corrected chi connectivity index (χ2v) is 5.35. The van der Waals surface area contributed by atoms with Crippen LogP contribution in [-0.2, 0) is 6.54 Å². The van der Waals surface area contributed by atoms with Gasteiger partial charge >= 0.3 is 0 Å². The third-order valence-corrected chi connectivity index (χ3v) is 2.88. The molecule has 0 fully saturated rings. The van der Waals surface area contributed by atoms with E-state index in [1.54, 1.807) is 7.11 Å². The van der Waals surface area contributed by atoms with Crippen molar-refractivity contribution in [2.75, 3.05) is 27.2 Å². The Bertz CT molecular complexity index is 350. The molecule has 0 amide bonds. The van der Waals surface area contributed by atoms with Crippen LogP contribution < -0.4 is 10.5 Å². The lowest BCUT2D eigenvalue weighted by atomic mass is 9.93. The van der Waals surface area contributed by atoms with Crippen molar-refractivity contribution in [1.29, 1.82) is 0 Å². The third kappa shape index (κ3) is 4.36. The fraction of sp³-hybridized carbons (Fsp3) is 0.571. The number of methoxy groups -OCH3 is 1. The van der Waals surface area contributed by atoms with E-state index in [0.717, 1.165) is 18.8 Å². The van der Waals surface area contributed by atoms with Crippen molar-refractivity contribution < 1.29 is 4.74 Å². The zero-order valence-electron chi connectivity index (χ0n) is 11.4. The van der Waals surface area contributed by atoms with Crippen LogP contribution in [0.3, 0.4) is 0 Å². The van der Waals surface area contributed by atoms with Gasteiger partial charge in [-0.05, 0) is 25.1 Å². The molecule has 0 aromatic heterocycles. The summed E-state index contributed by atoms with van der Waals surface area (Å²) in [5.74, 6) is 0.949. The monoisotopic (exact) mass is 236 g/mol. The predicted molar refractivity (Wildman–Crippen MR) is 72.2 cm³/mol. The topological polar surface area (TPSA) is 38.5 Å². The van der Waals surface area contributed by atoms with E-state index in [9.17, 15) is 0 Å². The van der Waals surface area contributed by atoms with E-state index < -0.39 is 0 Å². The molecule has 0 aliphatic heterocycles. The first-order chi connectivity index (χ1) is 7.98. The Morgan fingerprint density at radius 3 is 2.53 bits per heavy atom. The van der Waals surface area contributed by atoms with Gasteiger partial charge in [-0.2, -0.15) is 0 Å². The molecule has 0 atom stereocenters. The zero-order chi connectivity index (χ0) is 12.9. The van der Waals surface area contributed by atoms with Crippen molar-refractivity contribution in [3.05, 3.63) is 29.8 Å². The van der Waals surface area contributed by atoms with Crippen LogP contribution in [0.2, 0.25) is 0 Å². The Morgan fingerprint density at radius 2 is 1.94 bits per heavy atom. The summed E-state index contributed by atoms with van der Waals surface area (Å²) < 4.78 is 5.35. The summed E-state index contributed by atoms with van der Waals surface area (Å²) in [6.45, 7) is 6.93. The van der Waals surface area contributed by atoms with Crippen molar-refractivity contribution in [2.24, 2.45) is 11.1 Å². The number of rotatable bonds is 6. The fourth-order valence-corrected chi connectivity index (χ4v) is 1.98. The Hall–Kier alpha value is -1.06. The summed E-state index contributed by atoms with van der Waals surface area (Å²) in [5, 5.41) is 0. The molecule has 0 aliphatic rings. The molecule has 1 rings (SSSR count). The van der Waals surface area contributed by atoms with E-state index in [1.807, 2.05) is 18.2 Å². The van der Waals surface area contributed by atoms with Gasteiger partial charge in [0, 0.05) is 18.7 Å². The first kappa shape index (κ1) is 14.0. The summed E-state index contributed by atoms with van der Waals surface area (Å²) in [7, 11) is 3.83. The summed E-state index contributed by atoms with van der Waals surface area (Å²) in [5.41, 5.74) is 7.12. The molecule has 1 aromatic carbocycles. The summed E-state index contributed by atoms with van der Waals surface area (Å²) in [6.07, 6.45) is 0. The van der Waals surface area contributed by atoms with E-state index >= 15 is 0 Å². The maximum absolute atomic E-state index is 5.75. The van der Waals surface area contributed by atoms with Crippen LogP contribution in [0.1, 0.15) is 19.4 Å². The number of nitrogens with two attached hydrogens (primary N) is 1. The van der Waals surface area contributed by atoms with Gasteiger partial charge in [-0.25, -0.2) is 0 Å². The van der Waals surface area contributed by atoms with Crippen molar-refractivity contribution in [3.8, 4) is 5.75 Å². The van der Waals surface area contributed by atoms with Crippen molar-refractivity contribution in [3.63, 3.8) is 0 Å². The highest BCUT2D eigenvalue weighted by molar-refractivity contribution is 5.33. The Kier molecular flexibility index (Phi) is 4.97. The Labute approximate surface area is 105 Å². The standard InChI is InChI=1S/C14H24N2O/c1-14(2,10-15)11-16(3)9-12-7-5-6-8-13(12)17-4/h5-8H,9-11,15H2,1-4H3. The van der Waals surface area contributed by atoms with Gasteiger partial charge in [0.1, 0.15) is 5.75 Å². The van der Waals surface area contributed by atoms with E-state index in [-0.39, 0.29) is 5.41 Å². The normalized spacial score (nSPS) is 11.9. The highest BCUT2D eigenvalue weighted by Crippen LogP contribution is 2.21. The van der Waals surface area contributed by atoms with E-state index in [0.29, 0.717) is 6.54 Å². The summed E-state index contributed by atoms with van der Waals surface area (Å²) in [6, 6.07) is 8.13. The fourth-order valence-electron chi connectivity index (χ4n) is 1.98. The summed E-state index contributed by atoms with van der Waals surface area (Å²) >= 11 is 0. The SMILES string of the molecule is COc1ccccc1CN(C)CC(C)(C)CN. The van der Waals surface area contributed by atoms with Crippen molar-refractivity contribution >= 4 is 0 Å². The number of hydrogen-bond acceptors (Lipinski definition) is 3. The van der Waals surface area contributed by atoms with Crippen LogP contribution in [0.15, 0.2) is 24.3 Å². The van der Waals surface area contributed by atoms with Crippen LogP contribution in [-0.4, -0.2) is 32.1 Å². The maximum atomic E-state index is 5.75. The minimum atomic E-state index is 0.150. The lowest BCUT2D eigenvalue weighted by Crippen LogP contribution is -2.36. The molecule has 0 aliphatic carbocycles. The predicted octanol–water partition coefficient (Wildman–Crippen LogP) is 2.11. The van der Waals surface area contributed by atoms with Crippen molar-refractivity contribution in [2.45, 2.75) is 20.4 Å². The van der Waals surface area contributed by atoms with Gasteiger partial charge in [-0.15, -0.1) is 0 Å². The third-order valence-electron chi connectivity index (χ3n) is 2.88. The molecule has 0 saturated heterocycles. The number of nitrogens with zero attached hydrogens (tertiary/aromatic N) is 1. The summed E-state index contributed by atoms with van der Waals surface area (Å²) in [4.78, 5) is 2.28. The largest absolute Gasteiger partial charge is 0.496 e. The lowest BCUT2D eigenvalue weighted by Gasteiger charge is -2.29. The van der Waals surface area contributed by atoms with Crippen LogP contribution in [0.4, 0.5) is 0 Å². The van der Waals surface area contributed by atoms with Crippen molar-refractivity contribution in [1.82, 2.24) is 4.90 Å². The molecule has 0 heterocycles. The molecule has 0 bridgehead atoms. The minimum absolute atomic E-state index is 0.150. The molecule has 0 spiro atoms. The molecular weight excluding hydrogens is 212 g/mol. The second kappa shape index (κ2) is 6.03. The minimum Gasteiger partial charge on any atom is -0.496 e. The first-order valence-corrected chi connectivity index (χ1v) is 5.99. The van der Waals surface area contributed by atoms with Crippen LogP contribution in [0.25, 0.3) is 0 Å². The van der Waals surface area contributed by atoms with Gasteiger partial charge in [0.15, 0.2) is 0 Å². The van der Waals surface area contributed by atoms with Crippen LogP contribution in [0, 0.1) is 5.41 Å². The number of para-hydroxylation sites is 1. The van der Waals surface area contributed by atoms with Gasteiger partial charge in [0.25, 0.3) is 0 Å². The average molecular weight is 236 g/mol. The number of ether oxygens (including phenoxy) is 1. The quantitative estimate of drug-likeness (QED) is 0.822. The molecular formula is C14H24N2O. The van der Waals surface area contributed by atoms with E-state index in [4.69, 9.17) is 10.5 Å². The molecule has 0 saturated carbocycles. The highest BCUT2D eigenvalue weighted by Gasteiger charge is 2.18. The smallest absolute Gasteiger partial charge is 0.123 e. The van der Waals surface area contributed by atoms with Gasteiger partial charge in [-0.3, -0.25) is 0 Å². The van der Waals surface area contributed by atoms with Gasteiger partial charge < -0.3 is 15.4 Å². The van der Waals surface area contributed by atoms with Crippen LogP contribution >= 0.6 is 0 Å². The molecule has 3 nitrogen and oxygen atoms in total. The molecule has 0 unspecified atom stereocenters. The zero-order valence-corrected chi connectivity index (χ0v) is 11.4. The van der Waals surface area contributed by atoms with Gasteiger partial charge in [0.05, 0.1) is 7.11 Å². The molecule has 17 heavy (non-hydrogen) atoms. The number of benzene rings is 1.